The minimum atomic E-state index is -0.155. The van der Waals surface area contributed by atoms with E-state index >= 15 is 0 Å². The first-order valence-electron chi connectivity index (χ1n) is 9.73. The summed E-state index contributed by atoms with van der Waals surface area (Å²) in [7, 11) is 0. The van der Waals surface area contributed by atoms with E-state index in [-0.39, 0.29) is 5.78 Å². The largest absolute Gasteiger partial charge is 0.438 e. The highest BCUT2D eigenvalue weighted by Crippen LogP contribution is 2.30. The molecule has 5 heteroatoms. The number of aryl methyl sites for hydroxylation is 1. The van der Waals surface area contributed by atoms with Crippen LogP contribution < -0.4 is 4.74 Å². The van der Waals surface area contributed by atoms with Gasteiger partial charge in [0.2, 0.25) is 5.88 Å². The Kier molecular flexibility index (Phi) is 6.20. The number of ether oxygens (including phenoxy) is 1. The Morgan fingerprint density at radius 2 is 1.61 bits per heavy atom. The van der Waals surface area contributed by atoms with Gasteiger partial charge in [-0.15, -0.1) is 0 Å². The van der Waals surface area contributed by atoms with Crippen molar-refractivity contribution in [3.8, 4) is 11.6 Å². The molecule has 0 aliphatic carbocycles. The van der Waals surface area contributed by atoms with E-state index in [1.54, 1.807) is 18.2 Å². The fourth-order valence-electron chi connectivity index (χ4n) is 3.05. The lowest BCUT2D eigenvalue weighted by Crippen LogP contribution is -1.94. The standard InChI is InChI=1S/C26H19ClN2O2/c1-18-10-15-24-22(16-18)26(29-17-28-24)31-25-9-5-3-7-20(25)12-14-21(30)13-11-19-6-2-4-8-23(19)27/h2-17H,1H3/b13-11+,14-12+. The molecule has 0 N–H and O–H groups in total. The molecule has 0 saturated heterocycles. The van der Waals surface area contributed by atoms with Crippen molar-refractivity contribution in [2.45, 2.75) is 6.92 Å². The van der Waals surface area contributed by atoms with Gasteiger partial charge in [0.1, 0.15) is 12.1 Å². The van der Waals surface area contributed by atoms with E-state index in [1.165, 1.54) is 18.5 Å². The molecule has 152 valence electrons. The van der Waals surface area contributed by atoms with Crippen molar-refractivity contribution in [3.05, 3.63) is 107 Å². The SMILES string of the molecule is Cc1ccc2ncnc(Oc3ccccc3/C=C/C(=O)/C=C/c3ccccc3Cl)c2c1. The van der Waals surface area contributed by atoms with Gasteiger partial charge in [0.25, 0.3) is 0 Å². The van der Waals surface area contributed by atoms with Crippen LogP contribution in [-0.2, 0) is 4.79 Å². The lowest BCUT2D eigenvalue weighted by Gasteiger charge is -2.10. The maximum absolute atomic E-state index is 12.3. The van der Waals surface area contributed by atoms with Crippen LogP contribution in [0.5, 0.6) is 11.6 Å². The highest BCUT2D eigenvalue weighted by atomic mass is 35.5. The number of para-hydroxylation sites is 1. The second-order valence-electron chi connectivity index (χ2n) is 6.93. The lowest BCUT2D eigenvalue weighted by atomic mass is 10.1. The van der Waals surface area contributed by atoms with Crippen LogP contribution in [0.4, 0.5) is 0 Å². The summed E-state index contributed by atoms with van der Waals surface area (Å²) >= 11 is 6.12. The number of halogens is 1. The van der Waals surface area contributed by atoms with Crippen LogP contribution in [0.3, 0.4) is 0 Å². The lowest BCUT2D eigenvalue weighted by molar-refractivity contribution is -0.110. The molecule has 4 nitrogen and oxygen atoms in total. The third-order valence-electron chi connectivity index (χ3n) is 4.64. The number of fused-ring (bicyclic) bond motifs is 1. The predicted octanol–water partition coefficient (Wildman–Crippen LogP) is 6.68. The van der Waals surface area contributed by atoms with Gasteiger partial charge in [-0.1, -0.05) is 59.6 Å². The molecule has 1 aromatic heterocycles. The molecule has 0 aliphatic heterocycles. The van der Waals surface area contributed by atoms with Gasteiger partial charge >= 0.3 is 0 Å². The summed E-state index contributed by atoms with van der Waals surface area (Å²) in [5.41, 5.74) is 3.46. The van der Waals surface area contributed by atoms with Crippen LogP contribution in [-0.4, -0.2) is 15.8 Å². The molecule has 0 amide bonds. The van der Waals surface area contributed by atoms with Crippen molar-refractivity contribution < 1.29 is 9.53 Å². The van der Waals surface area contributed by atoms with E-state index in [9.17, 15) is 4.79 Å². The molecule has 0 aliphatic rings. The first-order valence-corrected chi connectivity index (χ1v) is 10.1. The molecule has 0 unspecified atom stereocenters. The van der Waals surface area contributed by atoms with Crippen LogP contribution in [0, 0.1) is 6.92 Å². The second kappa shape index (κ2) is 9.37. The molecular formula is C26H19ClN2O2. The molecule has 0 fully saturated rings. The first kappa shape index (κ1) is 20.5. The average Bonchev–Trinajstić information content (AvgIpc) is 2.78. The topological polar surface area (TPSA) is 52.1 Å². The smallest absolute Gasteiger partial charge is 0.230 e. The van der Waals surface area contributed by atoms with E-state index in [4.69, 9.17) is 16.3 Å². The Balaban J connectivity index is 1.56. The maximum atomic E-state index is 12.3. The zero-order valence-electron chi connectivity index (χ0n) is 16.8. The number of hydrogen-bond acceptors (Lipinski definition) is 4. The molecule has 0 bridgehead atoms. The number of aromatic nitrogens is 2. The monoisotopic (exact) mass is 426 g/mol. The van der Waals surface area contributed by atoms with Gasteiger partial charge in [-0.2, -0.15) is 0 Å². The zero-order chi connectivity index (χ0) is 21.6. The minimum Gasteiger partial charge on any atom is -0.438 e. The van der Waals surface area contributed by atoms with E-state index in [2.05, 4.69) is 9.97 Å². The summed E-state index contributed by atoms with van der Waals surface area (Å²) in [4.78, 5) is 20.9. The summed E-state index contributed by atoms with van der Waals surface area (Å²) in [5.74, 6) is 0.917. The van der Waals surface area contributed by atoms with Crippen LogP contribution in [0.2, 0.25) is 5.02 Å². The highest BCUT2D eigenvalue weighted by molar-refractivity contribution is 6.32. The Labute approximate surface area is 185 Å². The number of allylic oxidation sites excluding steroid dienone is 2. The van der Waals surface area contributed by atoms with E-state index in [0.29, 0.717) is 16.7 Å². The summed E-state index contributed by atoms with van der Waals surface area (Å²) in [6.45, 7) is 2.01. The number of nitrogens with zero attached hydrogens (tertiary/aromatic N) is 2. The van der Waals surface area contributed by atoms with Gasteiger partial charge in [-0.3, -0.25) is 4.79 Å². The molecule has 0 radical (unpaired) electrons. The van der Waals surface area contributed by atoms with Crippen LogP contribution in [0.25, 0.3) is 23.1 Å². The van der Waals surface area contributed by atoms with E-state index < -0.39 is 0 Å². The molecule has 3 aromatic carbocycles. The number of carbonyl (C=O) groups is 1. The second-order valence-corrected chi connectivity index (χ2v) is 7.34. The normalized spacial score (nSPS) is 11.4. The Morgan fingerprint density at radius 3 is 2.42 bits per heavy atom. The molecule has 31 heavy (non-hydrogen) atoms. The quantitative estimate of drug-likeness (QED) is 0.323. The van der Waals surface area contributed by atoms with Crippen LogP contribution in [0.15, 0.2) is 85.2 Å². The van der Waals surface area contributed by atoms with Crippen molar-refractivity contribution >= 4 is 40.4 Å². The van der Waals surface area contributed by atoms with Crippen molar-refractivity contribution in [1.82, 2.24) is 9.97 Å². The summed E-state index contributed by atoms with van der Waals surface area (Å²) < 4.78 is 6.11. The number of ketones is 1. The van der Waals surface area contributed by atoms with E-state index in [0.717, 1.165) is 27.6 Å². The summed E-state index contributed by atoms with van der Waals surface area (Å²) in [6.07, 6.45) is 7.89. The van der Waals surface area contributed by atoms with Gasteiger partial charge in [-0.25, -0.2) is 9.97 Å². The number of carbonyl (C=O) groups excluding carboxylic acids is 1. The van der Waals surface area contributed by atoms with Crippen molar-refractivity contribution in [3.63, 3.8) is 0 Å². The number of hydrogen-bond donors (Lipinski definition) is 0. The molecular weight excluding hydrogens is 408 g/mol. The van der Waals surface area contributed by atoms with Gasteiger partial charge in [-0.05, 0) is 61.1 Å². The first-order chi connectivity index (χ1) is 15.1. The molecule has 0 spiro atoms. The highest BCUT2D eigenvalue weighted by Gasteiger charge is 2.09. The fourth-order valence-corrected chi connectivity index (χ4v) is 3.25. The molecule has 4 aromatic rings. The molecule has 0 atom stereocenters. The molecule has 4 rings (SSSR count). The number of benzene rings is 3. The van der Waals surface area contributed by atoms with Crippen LogP contribution >= 0.6 is 11.6 Å². The molecule has 1 heterocycles. The van der Waals surface area contributed by atoms with Crippen molar-refractivity contribution in [2.75, 3.05) is 0 Å². The third-order valence-corrected chi connectivity index (χ3v) is 4.98. The third kappa shape index (κ3) is 5.05. The predicted molar refractivity (Wildman–Crippen MR) is 125 cm³/mol. The molecule has 0 saturated carbocycles. The maximum Gasteiger partial charge on any atom is 0.230 e. The Morgan fingerprint density at radius 1 is 0.903 bits per heavy atom. The zero-order valence-corrected chi connectivity index (χ0v) is 17.6. The summed E-state index contributed by atoms with van der Waals surface area (Å²) in [6, 6.07) is 20.8. The van der Waals surface area contributed by atoms with Gasteiger partial charge < -0.3 is 4.74 Å². The van der Waals surface area contributed by atoms with Gasteiger partial charge in [0.05, 0.1) is 10.9 Å². The van der Waals surface area contributed by atoms with Crippen molar-refractivity contribution in [2.24, 2.45) is 0 Å². The van der Waals surface area contributed by atoms with E-state index in [1.807, 2.05) is 67.6 Å². The van der Waals surface area contributed by atoms with Gasteiger partial charge in [0, 0.05) is 10.6 Å². The summed E-state index contributed by atoms with van der Waals surface area (Å²) in [5, 5.41) is 1.43. The fraction of sp³-hybridized carbons (Fsp3) is 0.0385. The minimum absolute atomic E-state index is 0.155. The number of rotatable bonds is 6. The van der Waals surface area contributed by atoms with Gasteiger partial charge in [0.15, 0.2) is 5.78 Å². The average molecular weight is 427 g/mol. The van der Waals surface area contributed by atoms with Crippen LogP contribution in [0.1, 0.15) is 16.7 Å². The Bertz CT molecular complexity index is 1310. The Hall–Kier alpha value is -3.76. The van der Waals surface area contributed by atoms with Crippen molar-refractivity contribution in [1.29, 1.82) is 0 Å².